The first kappa shape index (κ1) is 14.4. The summed E-state index contributed by atoms with van der Waals surface area (Å²) in [4.78, 5) is 4.74. The Morgan fingerprint density at radius 2 is 1.90 bits per heavy atom. The second kappa shape index (κ2) is 6.04. The Morgan fingerprint density at radius 3 is 2.62 bits per heavy atom. The van der Waals surface area contributed by atoms with E-state index in [4.69, 9.17) is 16.6 Å². The molecule has 0 aliphatic carbocycles. The van der Waals surface area contributed by atoms with E-state index in [0.717, 1.165) is 38.9 Å². The zero-order chi connectivity index (χ0) is 14.8. The first-order valence-corrected chi connectivity index (χ1v) is 7.95. The third-order valence-electron chi connectivity index (χ3n) is 3.27. The molecule has 1 aromatic heterocycles. The van der Waals surface area contributed by atoms with Crippen LogP contribution in [-0.4, -0.2) is 11.5 Å². The zero-order valence-corrected chi connectivity index (χ0v) is 13.9. The van der Waals surface area contributed by atoms with E-state index < -0.39 is 0 Å². The Morgan fingerprint density at radius 1 is 1.14 bits per heavy atom. The lowest BCUT2D eigenvalue weighted by Gasteiger charge is -2.12. The van der Waals surface area contributed by atoms with Crippen LogP contribution >= 0.6 is 27.5 Å². The molecular formula is C17H14BrClN2. The van der Waals surface area contributed by atoms with Crippen LogP contribution in [0.1, 0.15) is 6.92 Å². The average molecular weight is 362 g/mol. The number of hydrogen-bond donors (Lipinski definition) is 1. The molecule has 3 rings (SSSR count). The fourth-order valence-corrected chi connectivity index (χ4v) is 3.20. The number of benzene rings is 2. The maximum atomic E-state index is 6.37. The van der Waals surface area contributed by atoms with Crippen molar-refractivity contribution in [2.45, 2.75) is 6.92 Å². The molecule has 0 spiro atoms. The van der Waals surface area contributed by atoms with Crippen molar-refractivity contribution in [3.63, 3.8) is 0 Å². The van der Waals surface area contributed by atoms with Crippen molar-refractivity contribution in [2.24, 2.45) is 0 Å². The number of hydrogen-bond acceptors (Lipinski definition) is 2. The molecule has 0 atom stereocenters. The van der Waals surface area contributed by atoms with Crippen molar-refractivity contribution >= 4 is 44.1 Å². The Balaban J connectivity index is 2.29. The van der Waals surface area contributed by atoms with Crippen LogP contribution in [0.3, 0.4) is 0 Å². The number of nitrogens with one attached hydrogen (secondary N) is 1. The van der Waals surface area contributed by atoms with Gasteiger partial charge in [-0.3, -0.25) is 0 Å². The van der Waals surface area contributed by atoms with Crippen LogP contribution in [-0.2, 0) is 0 Å². The summed E-state index contributed by atoms with van der Waals surface area (Å²) in [7, 11) is 0. The molecule has 0 radical (unpaired) electrons. The maximum absolute atomic E-state index is 6.37. The molecule has 2 nitrogen and oxygen atoms in total. The summed E-state index contributed by atoms with van der Waals surface area (Å²) in [5.41, 5.74) is 3.86. The van der Waals surface area contributed by atoms with Crippen LogP contribution in [0.4, 0.5) is 5.69 Å². The van der Waals surface area contributed by atoms with Gasteiger partial charge in [0.05, 0.1) is 16.2 Å². The fraction of sp³-hybridized carbons (Fsp3) is 0.118. The number of anilines is 1. The predicted octanol–water partition coefficient (Wildman–Crippen LogP) is 5.75. The number of pyridine rings is 1. The summed E-state index contributed by atoms with van der Waals surface area (Å²) in [5, 5.41) is 5.07. The summed E-state index contributed by atoms with van der Waals surface area (Å²) in [6.07, 6.45) is 0. The van der Waals surface area contributed by atoms with E-state index in [1.807, 2.05) is 30.3 Å². The Kier molecular flexibility index (Phi) is 4.13. The number of rotatable bonds is 3. The summed E-state index contributed by atoms with van der Waals surface area (Å²) < 4.78 is 0.952. The largest absolute Gasteiger partial charge is 0.385 e. The van der Waals surface area contributed by atoms with Gasteiger partial charge < -0.3 is 5.32 Å². The molecule has 4 heteroatoms. The van der Waals surface area contributed by atoms with E-state index in [-0.39, 0.29) is 0 Å². The molecule has 106 valence electrons. The molecule has 0 unspecified atom stereocenters. The number of fused-ring (bicyclic) bond motifs is 1. The van der Waals surface area contributed by atoms with Crippen molar-refractivity contribution in [3.8, 4) is 11.3 Å². The van der Waals surface area contributed by atoms with Crippen LogP contribution in [0.5, 0.6) is 0 Å². The van der Waals surface area contributed by atoms with Gasteiger partial charge in [0, 0.05) is 27.7 Å². The van der Waals surface area contributed by atoms with Crippen LogP contribution in [0.25, 0.3) is 22.2 Å². The van der Waals surface area contributed by atoms with E-state index in [2.05, 4.69) is 46.4 Å². The molecule has 0 saturated carbocycles. The van der Waals surface area contributed by atoms with E-state index in [1.54, 1.807) is 0 Å². The zero-order valence-electron chi connectivity index (χ0n) is 11.5. The summed E-state index contributed by atoms with van der Waals surface area (Å²) in [6, 6.07) is 16.1. The lowest BCUT2D eigenvalue weighted by atomic mass is 10.1. The summed E-state index contributed by atoms with van der Waals surface area (Å²) in [6.45, 7) is 2.92. The predicted molar refractivity (Wildman–Crippen MR) is 94.1 cm³/mol. The van der Waals surface area contributed by atoms with Crippen LogP contribution < -0.4 is 5.32 Å². The Bertz CT molecular complexity index is 788. The smallest absolute Gasteiger partial charge is 0.0917 e. The van der Waals surface area contributed by atoms with Gasteiger partial charge in [0.2, 0.25) is 0 Å². The van der Waals surface area contributed by atoms with Gasteiger partial charge in [-0.25, -0.2) is 4.98 Å². The van der Waals surface area contributed by atoms with Gasteiger partial charge in [0.25, 0.3) is 0 Å². The molecule has 2 aromatic carbocycles. The molecule has 0 bridgehead atoms. The van der Waals surface area contributed by atoms with E-state index >= 15 is 0 Å². The van der Waals surface area contributed by atoms with Crippen molar-refractivity contribution < 1.29 is 0 Å². The normalized spacial score (nSPS) is 10.8. The third kappa shape index (κ3) is 2.89. The first-order chi connectivity index (χ1) is 10.2. The number of aromatic nitrogens is 1. The molecule has 0 aliphatic heterocycles. The SMILES string of the molecule is CCNc1cc(-c2ccccc2)nc2c(Cl)cc(Br)cc12. The number of halogens is 2. The van der Waals surface area contributed by atoms with Gasteiger partial charge in [0.1, 0.15) is 0 Å². The highest BCUT2D eigenvalue weighted by Crippen LogP contribution is 2.34. The standard InChI is InChI=1S/C17H14BrClN2/c1-2-20-16-10-15(11-6-4-3-5-7-11)21-17-13(16)8-12(18)9-14(17)19/h3-10H,2H2,1H3,(H,20,21). The van der Waals surface area contributed by atoms with Crippen molar-refractivity contribution in [2.75, 3.05) is 11.9 Å². The van der Waals surface area contributed by atoms with Crippen LogP contribution in [0, 0.1) is 0 Å². The highest BCUT2D eigenvalue weighted by molar-refractivity contribution is 9.10. The number of nitrogens with zero attached hydrogens (tertiary/aromatic N) is 1. The second-order valence-corrected chi connectivity index (χ2v) is 6.06. The lowest BCUT2D eigenvalue weighted by Crippen LogP contribution is -1.99. The molecule has 1 N–H and O–H groups in total. The van der Waals surface area contributed by atoms with Crippen LogP contribution in [0.15, 0.2) is 53.0 Å². The van der Waals surface area contributed by atoms with E-state index in [9.17, 15) is 0 Å². The van der Waals surface area contributed by atoms with Crippen molar-refractivity contribution in [1.82, 2.24) is 4.98 Å². The molecule has 0 aliphatic rings. The minimum absolute atomic E-state index is 0.649. The highest BCUT2D eigenvalue weighted by Gasteiger charge is 2.11. The Hall–Kier alpha value is -1.58. The van der Waals surface area contributed by atoms with Gasteiger partial charge in [0.15, 0.2) is 0 Å². The van der Waals surface area contributed by atoms with Crippen molar-refractivity contribution in [3.05, 3.63) is 58.0 Å². The fourth-order valence-electron chi connectivity index (χ4n) is 2.35. The molecule has 0 fully saturated rings. The Labute approximate surface area is 137 Å². The topological polar surface area (TPSA) is 24.9 Å². The summed E-state index contributed by atoms with van der Waals surface area (Å²) in [5.74, 6) is 0. The third-order valence-corrected chi connectivity index (χ3v) is 4.01. The van der Waals surface area contributed by atoms with Gasteiger partial charge in [-0.15, -0.1) is 0 Å². The quantitative estimate of drug-likeness (QED) is 0.642. The molecule has 21 heavy (non-hydrogen) atoms. The minimum atomic E-state index is 0.649. The molecule has 0 saturated heterocycles. The van der Waals surface area contributed by atoms with Gasteiger partial charge >= 0.3 is 0 Å². The minimum Gasteiger partial charge on any atom is -0.385 e. The molecule has 0 amide bonds. The molecule has 1 heterocycles. The maximum Gasteiger partial charge on any atom is 0.0917 e. The first-order valence-electron chi connectivity index (χ1n) is 6.78. The van der Waals surface area contributed by atoms with E-state index in [1.165, 1.54) is 0 Å². The molecule has 3 aromatic rings. The average Bonchev–Trinajstić information content (AvgIpc) is 2.49. The van der Waals surface area contributed by atoms with Gasteiger partial charge in [-0.2, -0.15) is 0 Å². The highest BCUT2D eigenvalue weighted by atomic mass is 79.9. The monoisotopic (exact) mass is 360 g/mol. The lowest BCUT2D eigenvalue weighted by molar-refractivity contribution is 1.21. The van der Waals surface area contributed by atoms with Gasteiger partial charge in [-0.1, -0.05) is 57.9 Å². The summed E-state index contributed by atoms with van der Waals surface area (Å²) >= 11 is 9.87. The second-order valence-electron chi connectivity index (χ2n) is 4.74. The van der Waals surface area contributed by atoms with Gasteiger partial charge in [-0.05, 0) is 25.1 Å². The molecular weight excluding hydrogens is 348 g/mol. The van der Waals surface area contributed by atoms with E-state index in [0.29, 0.717) is 5.02 Å². The van der Waals surface area contributed by atoms with Crippen molar-refractivity contribution in [1.29, 1.82) is 0 Å². The van der Waals surface area contributed by atoms with Crippen LogP contribution in [0.2, 0.25) is 5.02 Å².